The number of carbonyl (C=O) groups excluding carboxylic acids is 2. The molecule has 2 aromatic rings. The highest BCUT2D eigenvalue weighted by Gasteiger charge is 2.34. The number of carbonyl (C=O) groups is 2. The maximum Gasteiger partial charge on any atom is 0.344 e. The van der Waals surface area contributed by atoms with Crippen LogP contribution in [0.3, 0.4) is 0 Å². The van der Waals surface area contributed by atoms with Crippen molar-refractivity contribution in [3.63, 3.8) is 0 Å². The second kappa shape index (κ2) is 6.40. The highest BCUT2D eigenvalue weighted by Crippen LogP contribution is 2.35. The van der Waals surface area contributed by atoms with Crippen molar-refractivity contribution >= 4 is 23.3 Å². The van der Waals surface area contributed by atoms with Gasteiger partial charge in [-0.2, -0.15) is 0 Å². The van der Waals surface area contributed by atoms with Crippen LogP contribution in [-0.2, 0) is 14.3 Å². The van der Waals surface area contributed by atoms with Gasteiger partial charge in [-0.15, -0.1) is 0 Å². The van der Waals surface area contributed by atoms with Gasteiger partial charge in [0.05, 0.1) is 16.8 Å². The van der Waals surface area contributed by atoms with Crippen molar-refractivity contribution in [3.05, 3.63) is 94.1 Å². The highest BCUT2D eigenvalue weighted by molar-refractivity contribution is 6.15. The summed E-state index contributed by atoms with van der Waals surface area (Å²) in [7, 11) is 1.72. The number of cyclic esters (lactones) is 1. The van der Waals surface area contributed by atoms with Gasteiger partial charge in [0.25, 0.3) is 5.91 Å². The Morgan fingerprint density at radius 1 is 0.778 bits per heavy atom. The molecule has 1 amide bonds. The summed E-state index contributed by atoms with van der Waals surface area (Å²) in [5.74, 6) is -0.219. The summed E-state index contributed by atoms with van der Waals surface area (Å²) in [5.41, 5.74) is 5.35. The number of ether oxygens (including phenoxy) is 1. The number of likely N-dealkylation sites (N-methyl/N-ethyl adjacent to an activating group) is 1. The third-order valence-corrected chi connectivity index (χ3v) is 5.00. The second-order valence-electron chi connectivity index (χ2n) is 6.75. The standard InChI is InChI=1S/C23H19NO3/c1-14-8-4-6-10-16(14)20-12-18(22(25)24(20)3)19-13-21(27-23(19)26)17-11-7-5-9-15(17)2/h4-13H,1-3H3/b19-18+. The molecule has 27 heavy (non-hydrogen) atoms. The van der Waals surface area contributed by atoms with Gasteiger partial charge in [-0.1, -0.05) is 48.5 Å². The van der Waals surface area contributed by atoms with E-state index in [9.17, 15) is 9.59 Å². The van der Waals surface area contributed by atoms with E-state index in [1.807, 2.05) is 62.4 Å². The van der Waals surface area contributed by atoms with Gasteiger partial charge in [0.15, 0.2) is 0 Å². The van der Waals surface area contributed by atoms with Crippen molar-refractivity contribution in [2.45, 2.75) is 13.8 Å². The normalized spacial score (nSPS) is 19.3. The molecule has 0 radical (unpaired) electrons. The average Bonchev–Trinajstić information content (AvgIpc) is 3.17. The quantitative estimate of drug-likeness (QED) is 0.603. The molecular weight excluding hydrogens is 338 g/mol. The molecule has 0 bridgehead atoms. The fourth-order valence-corrected chi connectivity index (χ4v) is 3.44. The summed E-state index contributed by atoms with van der Waals surface area (Å²) in [4.78, 5) is 26.9. The first kappa shape index (κ1) is 17.0. The molecule has 2 aliphatic rings. The minimum absolute atomic E-state index is 0.206. The third-order valence-electron chi connectivity index (χ3n) is 5.00. The van der Waals surface area contributed by atoms with Crippen molar-refractivity contribution < 1.29 is 14.3 Å². The summed E-state index contributed by atoms with van der Waals surface area (Å²) in [6, 6.07) is 15.6. The molecule has 0 saturated carbocycles. The van der Waals surface area contributed by atoms with Crippen LogP contribution in [0.4, 0.5) is 0 Å². The molecule has 4 rings (SSSR count). The van der Waals surface area contributed by atoms with E-state index in [-0.39, 0.29) is 5.91 Å². The molecule has 0 N–H and O–H groups in total. The van der Waals surface area contributed by atoms with Gasteiger partial charge >= 0.3 is 5.97 Å². The molecule has 0 aliphatic carbocycles. The number of esters is 1. The number of hydrogen-bond acceptors (Lipinski definition) is 3. The zero-order valence-corrected chi connectivity index (χ0v) is 15.4. The number of amides is 1. The Bertz CT molecular complexity index is 1070. The molecule has 2 aliphatic heterocycles. The van der Waals surface area contributed by atoms with Crippen LogP contribution in [0.25, 0.3) is 11.5 Å². The fourth-order valence-electron chi connectivity index (χ4n) is 3.44. The number of rotatable bonds is 2. The number of benzene rings is 2. The van der Waals surface area contributed by atoms with Crippen LogP contribution in [0.1, 0.15) is 22.3 Å². The summed E-state index contributed by atoms with van der Waals surface area (Å²) < 4.78 is 5.47. The predicted octanol–water partition coefficient (Wildman–Crippen LogP) is 4.01. The Labute approximate surface area is 158 Å². The first-order chi connectivity index (χ1) is 13.0. The summed E-state index contributed by atoms with van der Waals surface area (Å²) in [6.07, 6.45) is 3.45. The van der Waals surface area contributed by atoms with Gasteiger partial charge in [0, 0.05) is 18.2 Å². The zero-order chi connectivity index (χ0) is 19.1. The lowest BCUT2D eigenvalue weighted by Gasteiger charge is -2.16. The van der Waals surface area contributed by atoms with Crippen molar-refractivity contribution in [1.82, 2.24) is 4.90 Å². The van der Waals surface area contributed by atoms with E-state index in [2.05, 4.69) is 0 Å². The molecule has 0 fully saturated rings. The van der Waals surface area contributed by atoms with E-state index in [4.69, 9.17) is 4.74 Å². The maximum absolute atomic E-state index is 12.8. The van der Waals surface area contributed by atoms with Crippen LogP contribution in [0.15, 0.2) is 71.8 Å². The lowest BCUT2D eigenvalue weighted by atomic mass is 10.0. The van der Waals surface area contributed by atoms with E-state index in [1.165, 1.54) is 0 Å². The summed E-state index contributed by atoms with van der Waals surface area (Å²) in [5, 5.41) is 0. The van der Waals surface area contributed by atoms with Gasteiger partial charge in [0.1, 0.15) is 5.76 Å². The van der Waals surface area contributed by atoms with E-state index in [0.717, 1.165) is 28.0 Å². The van der Waals surface area contributed by atoms with Crippen molar-refractivity contribution in [3.8, 4) is 0 Å². The zero-order valence-electron chi connectivity index (χ0n) is 15.4. The third kappa shape index (κ3) is 2.79. The highest BCUT2D eigenvalue weighted by atomic mass is 16.5. The van der Waals surface area contributed by atoms with Crippen LogP contribution in [0, 0.1) is 13.8 Å². The lowest BCUT2D eigenvalue weighted by Crippen LogP contribution is -2.21. The molecule has 2 heterocycles. The van der Waals surface area contributed by atoms with Crippen LogP contribution in [0.5, 0.6) is 0 Å². The lowest BCUT2D eigenvalue weighted by molar-refractivity contribution is -0.131. The van der Waals surface area contributed by atoms with E-state index in [0.29, 0.717) is 16.9 Å². The van der Waals surface area contributed by atoms with Crippen LogP contribution in [-0.4, -0.2) is 23.8 Å². The molecule has 0 atom stereocenters. The number of aryl methyl sites for hydroxylation is 2. The van der Waals surface area contributed by atoms with Crippen molar-refractivity contribution in [2.75, 3.05) is 7.05 Å². The summed E-state index contributed by atoms with van der Waals surface area (Å²) >= 11 is 0. The predicted molar refractivity (Wildman–Crippen MR) is 104 cm³/mol. The van der Waals surface area contributed by atoms with E-state index in [1.54, 1.807) is 24.1 Å². The smallest absolute Gasteiger partial charge is 0.344 e. The Morgan fingerprint density at radius 2 is 1.37 bits per heavy atom. The first-order valence-electron chi connectivity index (χ1n) is 8.77. The number of hydrogen-bond donors (Lipinski definition) is 0. The SMILES string of the molecule is Cc1ccccc1C1=C/C(=C2/C=C(c3ccccc3C)N(C)C2=O)C(=O)O1. The topological polar surface area (TPSA) is 46.6 Å². The molecule has 0 unspecified atom stereocenters. The Balaban J connectivity index is 1.83. The van der Waals surface area contributed by atoms with Gasteiger partial charge in [-0.3, -0.25) is 4.79 Å². The molecule has 134 valence electrons. The molecule has 4 heteroatoms. The van der Waals surface area contributed by atoms with E-state index >= 15 is 0 Å². The average molecular weight is 357 g/mol. The molecule has 0 spiro atoms. The van der Waals surface area contributed by atoms with Crippen LogP contribution in [0.2, 0.25) is 0 Å². The monoisotopic (exact) mass is 357 g/mol. The number of nitrogens with zero attached hydrogens (tertiary/aromatic N) is 1. The van der Waals surface area contributed by atoms with E-state index < -0.39 is 5.97 Å². The van der Waals surface area contributed by atoms with Gasteiger partial charge in [-0.05, 0) is 37.1 Å². The fraction of sp³-hybridized carbons (Fsp3) is 0.130. The van der Waals surface area contributed by atoms with Gasteiger partial charge in [0.2, 0.25) is 0 Å². The molecular formula is C23H19NO3. The second-order valence-corrected chi connectivity index (χ2v) is 6.75. The van der Waals surface area contributed by atoms with Gasteiger partial charge in [-0.25, -0.2) is 4.79 Å². The molecule has 4 nitrogen and oxygen atoms in total. The van der Waals surface area contributed by atoms with Crippen molar-refractivity contribution in [2.24, 2.45) is 0 Å². The summed E-state index contributed by atoms with van der Waals surface area (Å²) in [6.45, 7) is 3.96. The Kier molecular flexibility index (Phi) is 4.04. The molecule has 0 saturated heterocycles. The maximum atomic E-state index is 12.8. The minimum Gasteiger partial charge on any atom is -0.422 e. The van der Waals surface area contributed by atoms with Crippen LogP contribution >= 0.6 is 0 Å². The van der Waals surface area contributed by atoms with Crippen LogP contribution < -0.4 is 0 Å². The minimum atomic E-state index is -0.493. The Morgan fingerprint density at radius 3 is 2.00 bits per heavy atom. The first-order valence-corrected chi connectivity index (χ1v) is 8.77. The molecule has 0 aromatic heterocycles. The van der Waals surface area contributed by atoms with Crippen molar-refractivity contribution in [1.29, 1.82) is 0 Å². The molecule has 2 aromatic carbocycles. The Hall–Kier alpha value is -3.40. The largest absolute Gasteiger partial charge is 0.422 e. The van der Waals surface area contributed by atoms with Gasteiger partial charge < -0.3 is 9.64 Å².